The highest BCUT2D eigenvalue weighted by Crippen LogP contribution is 2.17. The molecule has 2 aromatic carbocycles. The molecule has 4 nitrogen and oxygen atoms in total. The largest absolute Gasteiger partial charge is 0.326 e. The summed E-state index contributed by atoms with van der Waals surface area (Å²) in [6, 6.07) is 13.7. The Morgan fingerprint density at radius 1 is 0.917 bits per heavy atom. The van der Waals surface area contributed by atoms with Gasteiger partial charge in [0.1, 0.15) is 0 Å². The van der Waals surface area contributed by atoms with Gasteiger partial charge in [-0.25, -0.2) is 0 Å². The average Bonchev–Trinajstić information content (AvgIpc) is 2.47. The number of hydrogen-bond acceptors (Lipinski definition) is 2. The van der Waals surface area contributed by atoms with Crippen molar-refractivity contribution in [2.24, 2.45) is 0 Å². The van der Waals surface area contributed by atoms with Crippen LogP contribution in [0, 0.1) is 20.8 Å². The number of anilines is 2. The van der Waals surface area contributed by atoms with E-state index in [1.807, 2.05) is 57.2 Å². The van der Waals surface area contributed by atoms with Crippen LogP contribution in [-0.4, -0.2) is 18.4 Å². The van der Waals surface area contributed by atoms with Gasteiger partial charge in [-0.2, -0.15) is 0 Å². The predicted molar refractivity (Wildman–Crippen MR) is 98.4 cm³/mol. The van der Waals surface area contributed by atoms with E-state index in [1.165, 1.54) is 6.92 Å². The standard InChI is InChI=1S/C20H24N2O2/c1-14-5-7-19(8-6-14)22(17(4)23)10-9-20(24)21-18-12-15(2)11-16(3)13-18/h5-8,11-13H,9-10H2,1-4H3,(H,21,24). The summed E-state index contributed by atoms with van der Waals surface area (Å²) in [6.45, 7) is 7.87. The zero-order valence-electron chi connectivity index (χ0n) is 14.7. The van der Waals surface area contributed by atoms with Crippen molar-refractivity contribution in [3.05, 3.63) is 59.2 Å². The van der Waals surface area contributed by atoms with Crippen molar-refractivity contribution in [3.8, 4) is 0 Å². The maximum Gasteiger partial charge on any atom is 0.226 e. The molecule has 2 rings (SSSR count). The molecule has 1 N–H and O–H groups in total. The van der Waals surface area contributed by atoms with Crippen LogP contribution in [0.3, 0.4) is 0 Å². The number of carbonyl (C=O) groups is 2. The van der Waals surface area contributed by atoms with Gasteiger partial charge in [0.05, 0.1) is 0 Å². The molecule has 2 amide bonds. The molecule has 126 valence electrons. The predicted octanol–water partition coefficient (Wildman–Crippen LogP) is 3.99. The molecule has 4 heteroatoms. The summed E-state index contributed by atoms with van der Waals surface area (Å²) in [5.74, 6) is -0.170. The van der Waals surface area contributed by atoms with Gasteiger partial charge in [0.2, 0.25) is 11.8 Å². The topological polar surface area (TPSA) is 49.4 Å². The van der Waals surface area contributed by atoms with Crippen molar-refractivity contribution in [3.63, 3.8) is 0 Å². The third kappa shape index (κ3) is 4.95. The van der Waals surface area contributed by atoms with E-state index in [4.69, 9.17) is 0 Å². The van der Waals surface area contributed by atoms with E-state index >= 15 is 0 Å². The minimum Gasteiger partial charge on any atom is -0.326 e. The van der Waals surface area contributed by atoms with Gasteiger partial charge < -0.3 is 10.2 Å². The first kappa shape index (κ1) is 17.7. The fourth-order valence-electron chi connectivity index (χ4n) is 2.68. The van der Waals surface area contributed by atoms with E-state index in [2.05, 4.69) is 11.4 Å². The van der Waals surface area contributed by atoms with Crippen molar-refractivity contribution < 1.29 is 9.59 Å². The van der Waals surface area contributed by atoms with E-state index in [0.717, 1.165) is 28.1 Å². The molecule has 0 radical (unpaired) electrons. The van der Waals surface area contributed by atoms with Gasteiger partial charge in [-0.3, -0.25) is 9.59 Å². The summed E-state index contributed by atoms with van der Waals surface area (Å²) >= 11 is 0. The first-order valence-corrected chi connectivity index (χ1v) is 8.08. The highest BCUT2D eigenvalue weighted by atomic mass is 16.2. The summed E-state index contributed by atoms with van der Waals surface area (Å²) in [4.78, 5) is 25.7. The van der Waals surface area contributed by atoms with Crippen LogP contribution in [0.2, 0.25) is 0 Å². The molecule has 0 fully saturated rings. The number of nitrogens with zero attached hydrogens (tertiary/aromatic N) is 1. The monoisotopic (exact) mass is 324 g/mol. The smallest absolute Gasteiger partial charge is 0.226 e. The Labute approximate surface area is 143 Å². The third-order valence-corrected chi connectivity index (χ3v) is 3.79. The lowest BCUT2D eigenvalue weighted by Gasteiger charge is -2.21. The molecule has 0 bridgehead atoms. The molecule has 0 unspecified atom stereocenters. The molecular formula is C20H24N2O2. The number of carbonyl (C=O) groups excluding carboxylic acids is 2. The van der Waals surface area contributed by atoms with Crippen LogP contribution in [0.25, 0.3) is 0 Å². The lowest BCUT2D eigenvalue weighted by atomic mass is 10.1. The van der Waals surface area contributed by atoms with E-state index in [-0.39, 0.29) is 18.2 Å². The van der Waals surface area contributed by atoms with Gasteiger partial charge >= 0.3 is 0 Å². The fraction of sp³-hybridized carbons (Fsp3) is 0.300. The Kier molecular flexibility index (Phi) is 5.74. The fourth-order valence-corrected chi connectivity index (χ4v) is 2.68. The molecule has 0 aromatic heterocycles. The Balaban J connectivity index is 2.00. The molecular weight excluding hydrogens is 300 g/mol. The summed E-state index contributed by atoms with van der Waals surface area (Å²) in [6.07, 6.45) is 0.250. The quantitative estimate of drug-likeness (QED) is 0.904. The SMILES string of the molecule is CC(=O)N(CCC(=O)Nc1cc(C)cc(C)c1)c1ccc(C)cc1. The highest BCUT2D eigenvalue weighted by molar-refractivity contribution is 5.94. The number of nitrogens with one attached hydrogen (secondary N) is 1. The zero-order chi connectivity index (χ0) is 17.7. The Morgan fingerprint density at radius 3 is 2.04 bits per heavy atom. The maximum atomic E-state index is 12.2. The Morgan fingerprint density at radius 2 is 1.50 bits per heavy atom. The van der Waals surface area contributed by atoms with Crippen LogP contribution in [0.5, 0.6) is 0 Å². The van der Waals surface area contributed by atoms with E-state index < -0.39 is 0 Å². The first-order chi connectivity index (χ1) is 11.3. The molecule has 0 aliphatic heterocycles. The first-order valence-electron chi connectivity index (χ1n) is 8.08. The molecule has 0 saturated heterocycles. The number of hydrogen-bond donors (Lipinski definition) is 1. The van der Waals surface area contributed by atoms with Crippen LogP contribution in [-0.2, 0) is 9.59 Å². The van der Waals surface area contributed by atoms with Crippen LogP contribution < -0.4 is 10.2 Å². The van der Waals surface area contributed by atoms with Crippen molar-refractivity contribution in [1.82, 2.24) is 0 Å². The number of benzene rings is 2. The molecule has 0 atom stereocenters. The van der Waals surface area contributed by atoms with Gasteiger partial charge in [0, 0.05) is 31.3 Å². The highest BCUT2D eigenvalue weighted by Gasteiger charge is 2.13. The Bertz CT molecular complexity index is 716. The lowest BCUT2D eigenvalue weighted by Crippen LogP contribution is -2.31. The zero-order valence-corrected chi connectivity index (χ0v) is 14.7. The summed E-state index contributed by atoms with van der Waals surface area (Å²) < 4.78 is 0. The maximum absolute atomic E-state index is 12.2. The molecule has 0 saturated carbocycles. The second kappa shape index (κ2) is 7.77. The molecule has 2 aromatic rings. The Hall–Kier alpha value is -2.62. The lowest BCUT2D eigenvalue weighted by molar-refractivity contribution is -0.117. The van der Waals surface area contributed by atoms with Gasteiger partial charge in [-0.05, 0) is 56.2 Å². The number of rotatable bonds is 5. The second-order valence-corrected chi connectivity index (χ2v) is 6.18. The minimum absolute atomic E-state index is 0.0712. The number of amides is 2. The molecule has 0 spiro atoms. The van der Waals surface area contributed by atoms with Crippen LogP contribution in [0.1, 0.15) is 30.0 Å². The van der Waals surface area contributed by atoms with Gasteiger partial charge in [-0.15, -0.1) is 0 Å². The number of aryl methyl sites for hydroxylation is 3. The average molecular weight is 324 g/mol. The van der Waals surface area contributed by atoms with Crippen LogP contribution in [0.4, 0.5) is 11.4 Å². The van der Waals surface area contributed by atoms with Gasteiger partial charge in [0.25, 0.3) is 0 Å². The van der Waals surface area contributed by atoms with Crippen LogP contribution in [0.15, 0.2) is 42.5 Å². The van der Waals surface area contributed by atoms with E-state index in [1.54, 1.807) is 4.90 Å². The summed E-state index contributed by atoms with van der Waals surface area (Å²) in [5.41, 5.74) is 4.95. The van der Waals surface area contributed by atoms with Gasteiger partial charge in [0.15, 0.2) is 0 Å². The molecule has 0 aliphatic carbocycles. The van der Waals surface area contributed by atoms with Crippen LogP contribution >= 0.6 is 0 Å². The van der Waals surface area contributed by atoms with Gasteiger partial charge in [-0.1, -0.05) is 23.8 Å². The second-order valence-electron chi connectivity index (χ2n) is 6.18. The minimum atomic E-state index is -0.0987. The van der Waals surface area contributed by atoms with Crippen molar-refractivity contribution >= 4 is 23.2 Å². The summed E-state index contributed by atoms with van der Waals surface area (Å²) in [7, 11) is 0. The molecule has 0 heterocycles. The third-order valence-electron chi connectivity index (χ3n) is 3.79. The molecule has 0 aliphatic rings. The van der Waals surface area contributed by atoms with Crippen molar-refractivity contribution in [1.29, 1.82) is 0 Å². The van der Waals surface area contributed by atoms with E-state index in [9.17, 15) is 9.59 Å². The normalized spacial score (nSPS) is 10.3. The summed E-state index contributed by atoms with van der Waals surface area (Å²) in [5, 5.41) is 2.90. The van der Waals surface area contributed by atoms with E-state index in [0.29, 0.717) is 6.54 Å². The van der Waals surface area contributed by atoms with Crippen molar-refractivity contribution in [2.75, 3.05) is 16.8 Å². The van der Waals surface area contributed by atoms with Crippen molar-refractivity contribution in [2.45, 2.75) is 34.1 Å². The molecule has 24 heavy (non-hydrogen) atoms.